The smallest absolute Gasteiger partial charge is 0.305 e. The van der Waals surface area contributed by atoms with Gasteiger partial charge in [0.05, 0.1) is 11.3 Å². The summed E-state index contributed by atoms with van der Waals surface area (Å²) in [4.78, 5) is 11.0. The number of nitrogens with one attached hydrogen (secondary N) is 1. The maximum absolute atomic E-state index is 11.9. The van der Waals surface area contributed by atoms with Crippen molar-refractivity contribution in [2.45, 2.75) is 31.2 Å². The number of nitrogens with zero attached hydrogens (tertiary/aromatic N) is 1. The molecule has 1 unspecified atom stereocenters. The lowest BCUT2D eigenvalue weighted by molar-refractivity contribution is -0.137. The predicted octanol–water partition coefficient (Wildman–Crippen LogP) is 1.85. The Morgan fingerprint density at radius 2 is 1.76 bits per heavy atom. The highest BCUT2D eigenvalue weighted by Crippen LogP contribution is 2.19. The van der Waals surface area contributed by atoms with Crippen LogP contribution in [0.4, 0.5) is 5.69 Å². The number of hydrogen-bond donors (Lipinski definition) is 2. The van der Waals surface area contributed by atoms with Crippen molar-refractivity contribution in [3.05, 3.63) is 24.3 Å². The quantitative estimate of drug-likeness (QED) is 0.802. The molecule has 7 heteroatoms. The van der Waals surface area contributed by atoms with Crippen LogP contribution in [-0.2, 0) is 14.8 Å². The van der Waals surface area contributed by atoms with Gasteiger partial charge in [-0.1, -0.05) is 13.8 Å². The van der Waals surface area contributed by atoms with E-state index in [4.69, 9.17) is 5.11 Å². The lowest BCUT2D eigenvalue weighted by atomic mass is 10.0. The van der Waals surface area contributed by atoms with Crippen LogP contribution in [0.2, 0.25) is 0 Å². The summed E-state index contributed by atoms with van der Waals surface area (Å²) in [5, 5.41) is 12.0. The third-order valence-electron chi connectivity index (χ3n) is 3.18. The van der Waals surface area contributed by atoms with Crippen LogP contribution in [0.25, 0.3) is 0 Å². The molecule has 0 fully saturated rings. The molecule has 0 aromatic heterocycles. The Kier molecular flexibility index (Phi) is 5.74. The minimum atomic E-state index is -3.45. The minimum Gasteiger partial charge on any atom is -0.481 e. The van der Waals surface area contributed by atoms with E-state index in [1.807, 2.05) is 13.8 Å². The first-order chi connectivity index (χ1) is 9.64. The molecule has 118 valence electrons. The lowest BCUT2D eigenvalue weighted by Gasteiger charge is -2.22. The fraction of sp³-hybridized carbons (Fsp3) is 0.500. The monoisotopic (exact) mass is 314 g/mol. The SMILES string of the molecule is CC(C)C(CC(=O)O)Nc1ccc(S(=O)(=O)N(C)C)cc1. The Labute approximate surface area is 125 Å². The average Bonchev–Trinajstić information content (AvgIpc) is 2.37. The second-order valence-corrected chi connectivity index (χ2v) is 7.56. The van der Waals surface area contributed by atoms with E-state index < -0.39 is 16.0 Å². The van der Waals surface area contributed by atoms with Crippen molar-refractivity contribution < 1.29 is 18.3 Å². The number of benzene rings is 1. The Morgan fingerprint density at radius 3 is 2.14 bits per heavy atom. The van der Waals surface area contributed by atoms with Gasteiger partial charge >= 0.3 is 5.97 Å². The molecule has 1 aromatic carbocycles. The summed E-state index contributed by atoms with van der Waals surface area (Å²) in [5.41, 5.74) is 0.702. The van der Waals surface area contributed by atoms with E-state index >= 15 is 0 Å². The Hall–Kier alpha value is -1.60. The van der Waals surface area contributed by atoms with Gasteiger partial charge in [0.1, 0.15) is 0 Å². The number of hydrogen-bond acceptors (Lipinski definition) is 4. The van der Waals surface area contributed by atoms with Crippen molar-refractivity contribution >= 4 is 21.7 Å². The van der Waals surface area contributed by atoms with Crippen LogP contribution in [0.1, 0.15) is 20.3 Å². The van der Waals surface area contributed by atoms with Crippen molar-refractivity contribution in [3.63, 3.8) is 0 Å². The molecule has 1 rings (SSSR count). The van der Waals surface area contributed by atoms with Crippen LogP contribution in [0.15, 0.2) is 29.2 Å². The number of carbonyl (C=O) groups is 1. The maximum Gasteiger partial charge on any atom is 0.305 e. The molecule has 1 aromatic rings. The van der Waals surface area contributed by atoms with Gasteiger partial charge in [-0.25, -0.2) is 12.7 Å². The number of rotatable bonds is 7. The Morgan fingerprint density at radius 1 is 1.24 bits per heavy atom. The standard InChI is InChI=1S/C14H22N2O4S/c1-10(2)13(9-14(17)18)15-11-5-7-12(8-6-11)21(19,20)16(3)4/h5-8,10,13,15H,9H2,1-4H3,(H,17,18). The number of sulfonamides is 1. The molecule has 2 N–H and O–H groups in total. The molecule has 0 radical (unpaired) electrons. The molecule has 6 nitrogen and oxygen atoms in total. The van der Waals surface area contributed by atoms with Crippen molar-refractivity contribution in [3.8, 4) is 0 Å². The van der Waals surface area contributed by atoms with Gasteiger partial charge in [0.15, 0.2) is 0 Å². The molecule has 0 aliphatic rings. The molecule has 0 heterocycles. The van der Waals surface area contributed by atoms with Crippen LogP contribution in [0.5, 0.6) is 0 Å². The largest absolute Gasteiger partial charge is 0.481 e. The summed E-state index contributed by atoms with van der Waals surface area (Å²) < 4.78 is 25.0. The first-order valence-corrected chi connectivity index (χ1v) is 8.09. The molecule has 0 amide bonds. The molecule has 1 atom stereocenters. The maximum atomic E-state index is 11.9. The molecular weight excluding hydrogens is 292 g/mol. The van der Waals surface area contributed by atoms with Crippen molar-refractivity contribution in [2.75, 3.05) is 19.4 Å². The van der Waals surface area contributed by atoms with Crippen molar-refractivity contribution in [1.29, 1.82) is 0 Å². The van der Waals surface area contributed by atoms with E-state index in [-0.39, 0.29) is 23.3 Å². The van der Waals surface area contributed by atoms with Crippen LogP contribution >= 0.6 is 0 Å². The lowest BCUT2D eigenvalue weighted by Crippen LogP contribution is -2.28. The second kappa shape index (κ2) is 6.91. The highest BCUT2D eigenvalue weighted by atomic mass is 32.2. The van der Waals surface area contributed by atoms with Gasteiger partial charge in [-0.3, -0.25) is 4.79 Å². The zero-order valence-electron chi connectivity index (χ0n) is 12.7. The van der Waals surface area contributed by atoms with E-state index in [1.165, 1.54) is 26.2 Å². The fourth-order valence-corrected chi connectivity index (χ4v) is 2.69. The molecule has 0 spiro atoms. The van der Waals surface area contributed by atoms with Crippen LogP contribution in [-0.4, -0.2) is 43.9 Å². The Balaban J connectivity index is 2.90. The van der Waals surface area contributed by atoms with E-state index in [0.717, 1.165) is 4.31 Å². The number of carboxylic acid groups (broad SMARTS) is 1. The first kappa shape index (κ1) is 17.5. The molecule has 0 saturated heterocycles. The van der Waals surface area contributed by atoms with Gasteiger partial charge in [0, 0.05) is 25.8 Å². The highest BCUT2D eigenvalue weighted by molar-refractivity contribution is 7.89. The van der Waals surface area contributed by atoms with Crippen LogP contribution in [0.3, 0.4) is 0 Å². The minimum absolute atomic E-state index is 0.00934. The van der Waals surface area contributed by atoms with E-state index in [1.54, 1.807) is 12.1 Å². The number of aliphatic carboxylic acids is 1. The fourth-order valence-electron chi connectivity index (χ4n) is 1.79. The van der Waals surface area contributed by atoms with Gasteiger partial charge in [-0.15, -0.1) is 0 Å². The number of anilines is 1. The third-order valence-corrected chi connectivity index (χ3v) is 5.01. The van der Waals surface area contributed by atoms with E-state index in [2.05, 4.69) is 5.32 Å². The van der Waals surface area contributed by atoms with Crippen molar-refractivity contribution in [1.82, 2.24) is 4.31 Å². The molecule has 21 heavy (non-hydrogen) atoms. The van der Waals surface area contributed by atoms with Gasteiger partial charge in [0.2, 0.25) is 10.0 Å². The van der Waals surface area contributed by atoms with E-state index in [9.17, 15) is 13.2 Å². The van der Waals surface area contributed by atoms with E-state index in [0.29, 0.717) is 5.69 Å². The Bertz CT molecular complexity index is 579. The summed E-state index contributed by atoms with van der Waals surface area (Å²) in [7, 11) is -0.495. The predicted molar refractivity (Wildman–Crippen MR) is 81.8 cm³/mol. The molecular formula is C14H22N2O4S. The zero-order chi connectivity index (χ0) is 16.2. The highest BCUT2D eigenvalue weighted by Gasteiger charge is 2.19. The first-order valence-electron chi connectivity index (χ1n) is 6.65. The second-order valence-electron chi connectivity index (χ2n) is 5.40. The summed E-state index contributed by atoms with van der Waals surface area (Å²) in [5.74, 6) is -0.723. The summed E-state index contributed by atoms with van der Waals surface area (Å²) in [6.45, 7) is 3.87. The zero-order valence-corrected chi connectivity index (χ0v) is 13.5. The van der Waals surface area contributed by atoms with Gasteiger partial charge in [-0.05, 0) is 30.2 Å². The van der Waals surface area contributed by atoms with Crippen LogP contribution in [0, 0.1) is 5.92 Å². The van der Waals surface area contributed by atoms with Gasteiger partial charge in [0.25, 0.3) is 0 Å². The molecule has 0 saturated carbocycles. The normalized spacial score (nSPS) is 13.4. The topological polar surface area (TPSA) is 86.7 Å². The third kappa shape index (κ3) is 4.71. The summed E-state index contributed by atoms with van der Waals surface area (Å²) in [6.07, 6.45) is 0.00934. The van der Waals surface area contributed by atoms with Gasteiger partial charge < -0.3 is 10.4 Å². The van der Waals surface area contributed by atoms with Gasteiger partial charge in [-0.2, -0.15) is 0 Å². The summed E-state index contributed by atoms with van der Waals surface area (Å²) in [6, 6.07) is 6.10. The molecule has 0 aliphatic carbocycles. The average molecular weight is 314 g/mol. The van der Waals surface area contributed by atoms with Crippen molar-refractivity contribution in [2.24, 2.45) is 5.92 Å². The summed E-state index contributed by atoms with van der Waals surface area (Å²) >= 11 is 0. The van der Waals surface area contributed by atoms with Crippen LogP contribution < -0.4 is 5.32 Å². The number of carboxylic acids is 1. The molecule has 0 aliphatic heterocycles. The molecule has 0 bridgehead atoms.